The first-order valence-electron chi connectivity index (χ1n) is 17.9. The van der Waals surface area contributed by atoms with Crippen LogP contribution in [-0.2, 0) is 43.3 Å². The van der Waals surface area contributed by atoms with Gasteiger partial charge in [-0.1, -0.05) is 103 Å². The Morgan fingerprint density at radius 2 is 1.27 bits per heavy atom. The molecule has 0 bridgehead atoms. The van der Waals surface area contributed by atoms with Gasteiger partial charge >= 0.3 is 12.1 Å². The Balaban J connectivity index is 1.58. The molecule has 0 aliphatic rings. The number of unbranched alkanes of at least 4 members (excludes halogenated alkanes) is 1. The molecule has 0 aromatic heterocycles. The van der Waals surface area contributed by atoms with Gasteiger partial charge in [-0.15, -0.1) is 13.2 Å². The van der Waals surface area contributed by atoms with Gasteiger partial charge in [0.25, 0.3) is 0 Å². The molecule has 0 saturated carbocycles. The number of esters is 1. The molecule has 10 heteroatoms. The summed E-state index contributed by atoms with van der Waals surface area (Å²) in [6.07, 6.45) is 5.94. The van der Waals surface area contributed by atoms with Gasteiger partial charge < -0.3 is 30.5 Å². The normalized spacial score (nSPS) is 13.0. The third-order valence-corrected chi connectivity index (χ3v) is 8.51. The number of aliphatic hydroxyl groups excluding tert-OH is 1. The largest absolute Gasteiger partial charge is 0.463 e. The molecule has 4 atom stereocenters. The Bertz CT molecular complexity index is 1520. The fraction of sp³-hybridized carbons (Fsp3) is 0.381. The number of carbonyl (C=O) groups excluding carboxylic acids is 4. The van der Waals surface area contributed by atoms with E-state index in [0.717, 1.165) is 16.7 Å². The van der Waals surface area contributed by atoms with E-state index in [4.69, 9.17) is 9.47 Å². The van der Waals surface area contributed by atoms with Crippen molar-refractivity contribution in [3.63, 3.8) is 0 Å². The number of aliphatic hydroxyl groups is 1. The van der Waals surface area contributed by atoms with E-state index in [-0.39, 0.29) is 50.4 Å². The number of hydrogen-bond acceptors (Lipinski definition) is 7. The van der Waals surface area contributed by atoms with Crippen molar-refractivity contribution < 1.29 is 33.8 Å². The van der Waals surface area contributed by atoms with Crippen LogP contribution in [0.5, 0.6) is 0 Å². The maximum Gasteiger partial charge on any atom is 0.407 e. The lowest BCUT2D eigenvalue weighted by Gasteiger charge is -2.24. The second-order valence-electron chi connectivity index (χ2n) is 12.8. The maximum absolute atomic E-state index is 13.6. The second-order valence-corrected chi connectivity index (χ2v) is 12.8. The highest BCUT2D eigenvalue weighted by atomic mass is 16.5. The molecular weight excluding hydrogens is 658 g/mol. The van der Waals surface area contributed by atoms with E-state index in [1.54, 1.807) is 12.2 Å². The first kappa shape index (κ1) is 41.2. The molecule has 3 aromatic carbocycles. The van der Waals surface area contributed by atoms with Crippen molar-refractivity contribution in [2.45, 2.75) is 70.1 Å². The lowest BCUT2D eigenvalue weighted by Crippen LogP contribution is -2.45. The van der Waals surface area contributed by atoms with Gasteiger partial charge in [0.05, 0.1) is 30.5 Å². The van der Waals surface area contributed by atoms with E-state index >= 15 is 0 Å². The summed E-state index contributed by atoms with van der Waals surface area (Å²) < 4.78 is 11.1. The monoisotopic (exact) mass is 711 g/mol. The van der Waals surface area contributed by atoms with Crippen molar-refractivity contribution >= 4 is 23.9 Å². The average Bonchev–Trinajstić information content (AvgIpc) is 3.16. The lowest BCUT2D eigenvalue weighted by molar-refractivity contribution is -0.150. The van der Waals surface area contributed by atoms with Crippen LogP contribution in [0, 0.1) is 11.8 Å². The van der Waals surface area contributed by atoms with Crippen molar-refractivity contribution in [2.24, 2.45) is 11.8 Å². The molecule has 0 unspecified atom stereocenters. The minimum absolute atomic E-state index is 0.0593. The van der Waals surface area contributed by atoms with E-state index < -0.39 is 30.0 Å². The van der Waals surface area contributed by atoms with Crippen molar-refractivity contribution in [1.82, 2.24) is 16.0 Å². The molecule has 0 heterocycles. The topological polar surface area (TPSA) is 143 Å². The van der Waals surface area contributed by atoms with Gasteiger partial charge in [0.2, 0.25) is 11.8 Å². The number of alkyl carbamates (subject to hydrolysis) is 1. The molecule has 0 aliphatic heterocycles. The number of hydrogen-bond donors (Lipinski definition) is 4. The number of rotatable bonds is 24. The highest BCUT2D eigenvalue weighted by Crippen LogP contribution is 2.17. The first-order valence-corrected chi connectivity index (χ1v) is 17.9. The fourth-order valence-electron chi connectivity index (χ4n) is 5.71. The van der Waals surface area contributed by atoms with Gasteiger partial charge in [-0.25, -0.2) is 4.79 Å². The number of nitrogens with one attached hydrogen (secondary N) is 3. The van der Waals surface area contributed by atoms with Crippen molar-refractivity contribution in [2.75, 3.05) is 19.8 Å². The van der Waals surface area contributed by atoms with E-state index in [9.17, 15) is 24.3 Å². The molecule has 3 aromatic rings. The number of carbonyl (C=O) groups is 4. The molecule has 0 radical (unpaired) electrons. The first-order chi connectivity index (χ1) is 25.3. The zero-order valence-corrected chi connectivity index (χ0v) is 29.9. The van der Waals surface area contributed by atoms with E-state index in [1.807, 2.05) is 91.0 Å². The lowest BCUT2D eigenvalue weighted by atomic mass is 9.96. The summed E-state index contributed by atoms with van der Waals surface area (Å²) in [6.45, 7) is 7.80. The third-order valence-electron chi connectivity index (χ3n) is 8.51. The summed E-state index contributed by atoms with van der Waals surface area (Å²) in [5.41, 5.74) is 2.86. The van der Waals surface area contributed by atoms with Crippen molar-refractivity contribution in [3.05, 3.63) is 133 Å². The number of amides is 3. The summed E-state index contributed by atoms with van der Waals surface area (Å²) in [5.74, 6) is -2.27. The zero-order chi connectivity index (χ0) is 37.4. The van der Waals surface area contributed by atoms with Crippen LogP contribution in [0.3, 0.4) is 0 Å². The SMILES string of the molecule is C=CC[C@@H](CC(=O)N[C@@H](CO)Cc1ccccc1)C(=O)N[C@@H](CCCCNC(=O)OCc1ccccc1)COC(=O)[C@@H](CC=C)Cc1ccccc1. The van der Waals surface area contributed by atoms with Crippen LogP contribution >= 0.6 is 0 Å². The number of ether oxygens (including phenoxy) is 2. The summed E-state index contributed by atoms with van der Waals surface area (Å²) in [6, 6.07) is 27.5. The van der Waals surface area contributed by atoms with Crippen molar-refractivity contribution in [1.29, 1.82) is 0 Å². The van der Waals surface area contributed by atoms with Crippen LogP contribution in [0.4, 0.5) is 4.79 Å². The molecule has 0 aliphatic carbocycles. The minimum Gasteiger partial charge on any atom is -0.463 e. The predicted octanol–water partition coefficient (Wildman–Crippen LogP) is 5.85. The molecule has 0 fully saturated rings. The van der Waals surface area contributed by atoms with Crippen LogP contribution in [-0.4, -0.2) is 60.8 Å². The minimum atomic E-state index is -0.723. The second kappa shape index (κ2) is 24.1. The number of allylic oxidation sites excluding steroid dienone is 2. The summed E-state index contributed by atoms with van der Waals surface area (Å²) in [4.78, 5) is 52.1. The summed E-state index contributed by atoms with van der Waals surface area (Å²) in [5, 5.41) is 18.5. The van der Waals surface area contributed by atoms with Crippen LogP contribution < -0.4 is 16.0 Å². The van der Waals surface area contributed by atoms with Crippen LogP contribution in [0.25, 0.3) is 0 Å². The Morgan fingerprint density at radius 3 is 1.87 bits per heavy atom. The van der Waals surface area contributed by atoms with E-state index in [2.05, 4.69) is 29.1 Å². The van der Waals surface area contributed by atoms with Gasteiger partial charge in [-0.05, 0) is 61.6 Å². The van der Waals surface area contributed by atoms with Crippen molar-refractivity contribution in [3.8, 4) is 0 Å². The molecule has 3 amide bonds. The van der Waals surface area contributed by atoms with Gasteiger partial charge in [-0.3, -0.25) is 14.4 Å². The highest BCUT2D eigenvalue weighted by Gasteiger charge is 2.26. The molecule has 0 saturated heterocycles. The Hall–Kier alpha value is -5.22. The Kier molecular flexibility index (Phi) is 19.1. The van der Waals surface area contributed by atoms with Gasteiger partial charge in [-0.2, -0.15) is 0 Å². The smallest absolute Gasteiger partial charge is 0.407 e. The average molecular weight is 712 g/mol. The Labute approximate surface area is 307 Å². The zero-order valence-electron chi connectivity index (χ0n) is 29.9. The molecule has 278 valence electrons. The van der Waals surface area contributed by atoms with Gasteiger partial charge in [0.15, 0.2) is 0 Å². The molecule has 0 spiro atoms. The highest BCUT2D eigenvalue weighted by molar-refractivity contribution is 5.86. The quantitative estimate of drug-likeness (QED) is 0.0519. The standard InChI is InChI=1S/C42H53N3O7/c1-3-16-35(28-39(47)44-38(29-46)27-33-20-10-6-11-21-33)40(48)45-37(24-14-15-25-43-42(50)52-30-34-22-12-7-13-23-34)31-51-41(49)36(17-4-2)26-32-18-8-5-9-19-32/h3-13,18-23,35-38,46H,1-2,14-17,24-31H2,(H,43,50)(H,44,47)(H,45,48)/t35-,36-,37-,38+/m0/s1. The van der Waals surface area contributed by atoms with E-state index in [0.29, 0.717) is 45.1 Å². The predicted molar refractivity (Wildman–Crippen MR) is 202 cm³/mol. The molecule has 10 nitrogen and oxygen atoms in total. The van der Waals surface area contributed by atoms with E-state index in [1.165, 1.54) is 0 Å². The van der Waals surface area contributed by atoms with Crippen LogP contribution in [0.15, 0.2) is 116 Å². The summed E-state index contributed by atoms with van der Waals surface area (Å²) >= 11 is 0. The third kappa shape index (κ3) is 16.2. The van der Waals surface area contributed by atoms with Gasteiger partial charge in [0, 0.05) is 13.0 Å². The number of benzene rings is 3. The summed E-state index contributed by atoms with van der Waals surface area (Å²) in [7, 11) is 0. The Morgan fingerprint density at radius 1 is 0.692 bits per heavy atom. The van der Waals surface area contributed by atoms with Crippen LogP contribution in [0.1, 0.15) is 55.2 Å². The molecule has 4 N–H and O–H groups in total. The van der Waals surface area contributed by atoms with Crippen LogP contribution in [0.2, 0.25) is 0 Å². The molecule has 52 heavy (non-hydrogen) atoms. The fourth-order valence-corrected chi connectivity index (χ4v) is 5.71. The molecular formula is C42H53N3O7. The van der Waals surface area contributed by atoms with Gasteiger partial charge in [0.1, 0.15) is 13.2 Å². The maximum atomic E-state index is 13.6. The molecule has 3 rings (SSSR count).